The number of amidine groups is 1. The maximum atomic E-state index is 12.0. The molecule has 0 spiro atoms. The van der Waals surface area contributed by atoms with E-state index >= 15 is 0 Å². The fraction of sp³-hybridized carbons (Fsp3) is 0.125. The minimum absolute atomic E-state index is 0. The highest BCUT2D eigenvalue weighted by atomic mass is 35.5. The second kappa shape index (κ2) is 4.72. The molecule has 1 aromatic carbocycles. The number of nitrogens with one attached hydrogen (secondary N) is 1. The first-order chi connectivity index (χ1) is 5.24. The van der Waals surface area contributed by atoms with Gasteiger partial charge in [-0.15, -0.1) is 12.4 Å². The van der Waals surface area contributed by atoms with Crippen LogP contribution < -0.4 is 5.73 Å². The highest BCUT2D eigenvalue weighted by Crippen LogP contribution is 2.04. The van der Waals surface area contributed by atoms with Gasteiger partial charge in [0, 0.05) is 5.56 Å². The molecule has 0 amide bonds. The van der Waals surface area contributed by atoms with Gasteiger partial charge in [0.2, 0.25) is 0 Å². The van der Waals surface area contributed by atoms with Crippen LogP contribution in [0, 0.1) is 5.41 Å². The second-order valence-corrected chi connectivity index (χ2v) is 2.24. The average molecular weight is 189 g/mol. The van der Waals surface area contributed by atoms with Gasteiger partial charge in [0.1, 0.15) is 12.5 Å². The summed E-state index contributed by atoms with van der Waals surface area (Å²) in [6.07, 6.45) is 0. The van der Waals surface area contributed by atoms with Gasteiger partial charge in [0.15, 0.2) is 0 Å². The predicted octanol–water partition coefficient (Wildman–Crippen LogP) is 1.86. The maximum Gasteiger partial charge on any atom is 0.122 e. The summed E-state index contributed by atoms with van der Waals surface area (Å²) in [5.74, 6) is 0.00964. The van der Waals surface area contributed by atoms with Crippen LogP contribution in [0.3, 0.4) is 0 Å². The first-order valence-electron chi connectivity index (χ1n) is 3.23. The molecule has 0 saturated carbocycles. The van der Waals surface area contributed by atoms with E-state index < -0.39 is 6.67 Å². The number of alkyl halides is 1. The average Bonchev–Trinajstić information content (AvgIpc) is 2.05. The zero-order valence-corrected chi connectivity index (χ0v) is 7.20. The summed E-state index contributed by atoms with van der Waals surface area (Å²) in [7, 11) is 0. The summed E-state index contributed by atoms with van der Waals surface area (Å²) < 4.78 is 12.0. The highest BCUT2D eigenvalue weighted by Gasteiger charge is 1.95. The van der Waals surface area contributed by atoms with Crippen molar-refractivity contribution in [1.29, 1.82) is 5.41 Å². The van der Waals surface area contributed by atoms with Crippen LogP contribution in [0.2, 0.25) is 0 Å². The Morgan fingerprint density at radius 3 is 2.17 bits per heavy atom. The molecule has 1 aromatic rings. The van der Waals surface area contributed by atoms with Gasteiger partial charge in [-0.2, -0.15) is 0 Å². The number of nitrogens with two attached hydrogens (primary N) is 1. The van der Waals surface area contributed by atoms with E-state index in [-0.39, 0.29) is 18.2 Å². The Labute approximate surface area is 76.5 Å². The van der Waals surface area contributed by atoms with E-state index in [0.29, 0.717) is 11.1 Å². The molecular weight excluding hydrogens is 179 g/mol. The lowest BCUT2D eigenvalue weighted by Crippen LogP contribution is -2.10. The van der Waals surface area contributed by atoms with Crippen LogP contribution in [0.4, 0.5) is 4.39 Å². The van der Waals surface area contributed by atoms with Crippen LogP contribution in [-0.2, 0) is 6.67 Å². The molecule has 3 N–H and O–H groups in total. The molecular formula is C8H10ClFN2. The zero-order chi connectivity index (χ0) is 8.27. The number of nitrogen functional groups attached to an aromatic ring is 1. The van der Waals surface area contributed by atoms with Gasteiger partial charge in [0.05, 0.1) is 0 Å². The second-order valence-electron chi connectivity index (χ2n) is 2.24. The van der Waals surface area contributed by atoms with Crippen molar-refractivity contribution in [2.75, 3.05) is 0 Å². The molecule has 12 heavy (non-hydrogen) atoms. The Kier molecular flexibility index (Phi) is 4.29. The Hall–Kier alpha value is -1.09. The summed E-state index contributed by atoms with van der Waals surface area (Å²) in [5, 5.41) is 7.05. The fourth-order valence-corrected chi connectivity index (χ4v) is 0.773. The topological polar surface area (TPSA) is 49.9 Å². The molecule has 4 heteroatoms. The number of halogens is 2. The number of rotatable bonds is 2. The van der Waals surface area contributed by atoms with Crippen LogP contribution in [0.25, 0.3) is 0 Å². The Morgan fingerprint density at radius 1 is 1.33 bits per heavy atom. The minimum Gasteiger partial charge on any atom is -0.384 e. The van der Waals surface area contributed by atoms with E-state index in [9.17, 15) is 4.39 Å². The van der Waals surface area contributed by atoms with Crippen LogP contribution in [0.5, 0.6) is 0 Å². The third kappa shape index (κ3) is 2.51. The molecule has 0 aromatic heterocycles. The van der Waals surface area contributed by atoms with Crippen molar-refractivity contribution < 1.29 is 4.39 Å². The van der Waals surface area contributed by atoms with Crippen molar-refractivity contribution in [3.8, 4) is 0 Å². The van der Waals surface area contributed by atoms with Gasteiger partial charge >= 0.3 is 0 Å². The molecule has 0 unspecified atom stereocenters. The van der Waals surface area contributed by atoms with Crippen molar-refractivity contribution in [3.05, 3.63) is 35.4 Å². The molecule has 0 aliphatic rings. The normalized spacial score (nSPS) is 8.75. The molecule has 0 atom stereocenters. The Balaban J connectivity index is 0.00000121. The lowest BCUT2D eigenvalue weighted by Gasteiger charge is -1.97. The molecule has 0 saturated heterocycles. The summed E-state index contributed by atoms with van der Waals surface area (Å²) in [5.41, 5.74) is 6.43. The first-order valence-corrected chi connectivity index (χ1v) is 3.23. The van der Waals surface area contributed by atoms with E-state index in [4.69, 9.17) is 11.1 Å². The van der Waals surface area contributed by atoms with E-state index in [0.717, 1.165) is 0 Å². The summed E-state index contributed by atoms with van der Waals surface area (Å²) in [6.45, 7) is -0.474. The van der Waals surface area contributed by atoms with Crippen molar-refractivity contribution in [2.24, 2.45) is 5.73 Å². The van der Waals surface area contributed by atoms with Crippen molar-refractivity contribution in [2.45, 2.75) is 6.67 Å². The van der Waals surface area contributed by atoms with Crippen LogP contribution in [0.1, 0.15) is 11.1 Å². The van der Waals surface area contributed by atoms with E-state index in [1.807, 2.05) is 0 Å². The van der Waals surface area contributed by atoms with Gasteiger partial charge < -0.3 is 5.73 Å². The summed E-state index contributed by atoms with van der Waals surface area (Å²) in [4.78, 5) is 0. The molecule has 2 nitrogen and oxygen atoms in total. The molecule has 0 fully saturated rings. The largest absolute Gasteiger partial charge is 0.384 e. The lowest BCUT2D eigenvalue weighted by molar-refractivity contribution is 0.485. The number of benzene rings is 1. The minimum atomic E-state index is -0.474. The van der Waals surface area contributed by atoms with E-state index in [1.54, 1.807) is 24.3 Å². The third-order valence-corrected chi connectivity index (χ3v) is 1.42. The van der Waals surface area contributed by atoms with E-state index in [2.05, 4.69) is 0 Å². The van der Waals surface area contributed by atoms with Gasteiger partial charge in [-0.3, -0.25) is 5.41 Å². The molecule has 0 radical (unpaired) electrons. The van der Waals surface area contributed by atoms with Crippen molar-refractivity contribution >= 4 is 18.2 Å². The molecule has 1 rings (SSSR count). The van der Waals surface area contributed by atoms with Gasteiger partial charge in [-0.05, 0) is 5.56 Å². The number of hydrogen-bond acceptors (Lipinski definition) is 1. The van der Waals surface area contributed by atoms with Crippen LogP contribution in [-0.4, -0.2) is 5.84 Å². The van der Waals surface area contributed by atoms with E-state index in [1.165, 1.54) is 0 Å². The fourth-order valence-electron chi connectivity index (χ4n) is 0.773. The molecule has 66 valence electrons. The van der Waals surface area contributed by atoms with Crippen LogP contribution in [0.15, 0.2) is 24.3 Å². The Morgan fingerprint density at radius 2 is 1.83 bits per heavy atom. The van der Waals surface area contributed by atoms with Crippen LogP contribution >= 0.6 is 12.4 Å². The maximum absolute atomic E-state index is 12.0. The zero-order valence-electron chi connectivity index (χ0n) is 6.38. The summed E-state index contributed by atoms with van der Waals surface area (Å²) in [6, 6.07) is 6.52. The molecule has 0 aliphatic heterocycles. The predicted molar refractivity (Wildman–Crippen MR) is 49.5 cm³/mol. The lowest BCUT2D eigenvalue weighted by atomic mass is 10.1. The van der Waals surface area contributed by atoms with Gasteiger partial charge in [-0.1, -0.05) is 24.3 Å². The SMILES string of the molecule is Cl.N=C(N)c1ccc(CF)cc1. The first kappa shape index (κ1) is 10.9. The van der Waals surface area contributed by atoms with Gasteiger partial charge in [0.25, 0.3) is 0 Å². The number of hydrogen-bond donors (Lipinski definition) is 2. The Bertz CT molecular complexity index is 258. The summed E-state index contributed by atoms with van der Waals surface area (Å²) >= 11 is 0. The third-order valence-electron chi connectivity index (χ3n) is 1.42. The molecule has 0 bridgehead atoms. The molecule has 0 heterocycles. The quantitative estimate of drug-likeness (QED) is 0.540. The monoisotopic (exact) mass is 188 g/mol. The smallest absolute Gasteiger partial charge is 0.122 e. The van der Waals surface area contributed by atoms with Gasteiger partial charge in [-0.25, -0.2) is 4.39 Å². The standard InChI is InChI=1S/C8H9FN2.ClH/c9-5-6-1-3-7(4-2-6)8(10)11;/h1-4H,5H2,(H3,10,11);1H. The molecule has 0 aliphatic carbocycles. The highest BCUT2D eigenvalue weighted by molar-refractivity contribution is 5.94. The van der Waals surface area contributed by atoms with Crippen molar-refractivity contribution in [3.63, 3.8) is 0 Å². The van der Waals surface area contributed by atoms with Crippen molar-refractivity contribution in [1.82, 2.24) is 0 Å².